The highest BCUT2D eigenvalue weighted by atomic mass is 16.5. The number of ether oxygens (including phenoxy) is 1. The largest absolute Gasteiger partial charge is 0.481 e. The van der Waals surface area contributed by atoms with Crippen LogP contribution in [0.25, 0.3) is 0 Å². The zero-order valence-corrected chi connectivity index (χ0v) is 12.6. The molecule has 1 atom stereocenters. The number of carbonyl (C=O) groups excluding carboxylic acids is 1. The van der Waals surface area contributed by atoms with Crippen LogP contribution in [0.3, 0.4) is 0 Å². The molecule has 5 nitrogen and oxygen atoms in total. The van der Waals surface area contributed by atoms with Gasteiger partial charge in [-0.1, -0.05) is 6.42 Å². The first-order valence-electron chi connectivity index (χ1n) is 8.20. The van der Waals surface area contributed by atoms with Crippen molar-refractivity contribution in [2.45, 2.75) is 44.9 Å². The van der Waals surface area contributed by atoms with E-state index in [-0.39, 0.29) is 12.3 Å². The summed E-state index contributed by atoms with van der Waals surface area (Å²) in [7, 11) is 0. The molecule has 2 aliphatic heterocycles. The van der Waals surface area contributed by atoms with E-state index in [4.69, 9.17) is 4.74 Å². The number of likely N-dealkylation sites (tertiary alicyclic amines) is 1. The predicted octanol–water partition coefficient (Wildman–Crippen LogP) is 1.91. The van der Waals surface area contributed by atoms with E-state index in [1.54, 1.807) is 0 Å². The maximum absolute atomic E-state index is 12.4. The average Bonchev–Trinajstić information content (AvgIpc) is 2.93. The fourth-order valence-corrected chi connectivity index (χ4v) is 4.06. The van der Waals surface area contributed by atoms with Gasteiger partial charge < -0.3 is 14.7 Å². The second-order valence-electron chi connectivity index (χ2n) is 6.95. The monoisotopic (exact) mass is 295 g/mol. The van der Waals surface area contributed by atoms with E-state index in [1.807, 2.05) is 4.90 Å². The lowest BCUT2D eigenvalue weighted by molar-refractivity contribution is -0.159. The van der Waals surface area contributed by atoms with Crippen molar-refractivity contribution >= 4 is 11.9 Å². The number of carboxylic acids is 1. The van der Waals surface area contributed by atoms with E-state index >= 15 is 0 Å². The summed E-state index contributed by atoms with van der Waals surface area (Å²) in [6.07, 6.45) is 5.72. The zero-order chi connectivity index (χ0) is 14.9. The van der Waals surface area contributed by atoms with Crippen LogP contribution in [0.2, 0.25) is 0 Å². The second-order valence-corrected chi connectivity index (χ2v) is 6.95. The molecule has 0 bridgehead atoms. The zero-order valence-electron chi connectivity index (χ0n) is 12.6. The molecule has 1 aliphatic carbocycles. The predicted molar refractivity (Wildman–Crippen MR) is 76.8 cm³/mol. The number of aliphatic carboxylic acids is 1. The van der Waals surface area contributed by atoms with Gasteiger partial charge >= 0.3 is 5.97 Å². The van der Waals surface area contributed by atoms with E-state index in [2.05, 4.69) is 0 Å². The fourth-order valence-electron chi connectivity index (χ4n) is 4.06. The van der Waals surface area contributed by atoms with Gasteiger partial charge in [0.25, 0.3) is 0 Å². The van der Waals surface area contributed by atoms with Crippen molar-refractivity contribution in [1.82, 2.24) is 4.90 Å². The summed E-state index contributed by atoms with van der Waals surface area (Å²) in [6, 6.07) is 0. The van der Waals surface area contributed by atoms with E-state index in [0.717, 1.165) is 52.0 Å². The van der Waals surface area contributed by atoms with Crippen LogP contribution in [-0.2, 0) is 14.3 Å². The number of carboxylic acid groups (broad SMARTS) is 1. The van der Waals surface area contributed by atoms with Gasteiger partial charge in [0.1, 0.15) is 0 Å². The molecule has 1 N–H and O–H groups in total. The lowest BCUT2D eigenvalue weighted by Gasteiger charge is -2.38. The Morgan fingerprint density at radius 1 is 1.14 bits per heavy atom. The third-order valence-corrected chi connectivity index (χ3v) is 5.76. The van der Waals surface area contributed by atoms with Crippen LogP contribution in [0.15, 0.2) is 0 Å². The average molecular weight is 295 g/mol. The molecule has 0 spiro atoms. The van der Waals surface area contributed by atoms with E-state index in [9.17, 15) is 14.7 Å². The van der Waals surface area contributed by atoms with Crippen LogP contribution >= 0.6 is 0 Å². The summed E-state index contributed by atoms with van der Waals surface area (Å²) < 4.78 is 5.40. The van der Waals surface area contributed by atoms with Gasteiger partial charge in [0.15, 0.2) is 0 Å². The van der Waals surface area contributed by atoms with Crippen LogP contribution in [0.4, 0.5) is 0 Å². The van der Waals surface area contributed by atoms with Crippen molar-refractivity contribution < 1.29 is 19.4 Å². The Bertz CT molecular complexity index is 413. The Labute approximate surface area is 125 Å². The number of rotatable bonds is 4. The lowest BCUT2D eigenvalue weighted by Crippen LogP contribution is -2.43. The maximum Gasteiger partial charge on any atom is 0.310 e. The molecule has 2 saturated heterocycles. The van der Waals surface area contributed by atoms with Crippen molar-refractivity contribution in [2.75, 3.05) is 26.3 Å². The molecule has 0 aromatic carbocycles. The minimum absolute atomic E-state index is 0.0478. The molecule has 1 saturated carbocycles. The summed E-state index contributed by atoms with van der Waals surface area (Å²) in [6.45, 7) is 3.31. The van der Waals surface area contributed by atoms with Crippen LogP contribution in [-0.4, -0.2) is 48.2 Å². The fraction of sp³-hybridized carbons (Fsp3) is 0.875. The standard InChI is InChI=1S/C16H25NO4/c18-14(10-16(15(19)20)5-1-6-16)17-7-2-13(11-17)12-3-8-21-9-4-12/h12-13H,1-11H2,(H,19,20). The topological polar surface area (TPSA) is 66.8 Å². The molecule has 3 fully saturated rings. The number of hydrogen-bond acceptors (Lipinski definition) is 3. The molecule has 0 aromatic heterocycles. The molecular weight excluding hydrogens is 270 g/mol. The molecular formula is C16H25NO4. The second kappa shape index (κ2) is 5.95. The van der Waals surface area contributed by atoms with Crippen LogP contribution < -0.4 is 0 Å². The van der Waals surface area contributed by atoms with Gasteiger partial charge in [0, 0.05) is 32.7 Å². The normalized spacial score (nSPS) is 29.1. The first-order valence-corrected chi connectivity index (χ1v) is 8.20. The molecule has 0 radical (unpaired) electrons. The van der Waals surface area contributed by atoms with Crippen molar-refractivity contribution in [1.29, 1.82) is 0 Å². The van der Waals surface area contributed by atoms with Gasteiger partial charge in [-0.25, -0.2) is 0 Å². The van der Waals surface area contributed by atoms with Gasteiger partial charge in [-0.15, -0.1) is 0 Å². The van der Waals surface area contributed by atoms with Crippen LogP contribution in [0.5, 0.6) is 0 Å². The Balaban J connectivity index is 1.53. The first-order chi connectivity index (χ1) is 10.1. The van der Waals surface area contributed by atoms with Gasteiger partial charge in [0.2, 0.25) is 5.91 Å². The quantitative estimate of drug-likeness (QED) is 0.860. The smallest absolute Gasteiger partial charge is 0.310 e. The minimum atomic E-state index is -0.790. The molecule has 1 unspecified atom stereocenters. The number of amides is 1. The molecule has 3 aliphatic rings. The Morgan fingerprint density at radius 3 is 2.43 bits per heavy atom. The van der Waals surface area contributed by atoms with Gasteiger partial charge in [0.05, 0.1) is 5.41 Å². The SMILES string of the molecule is O=C(CC1(C(=O)O)CCC1)N1CCC(C2CCOCC2)C1. The molecule has 1 amide bonds. The number of carbonyl (C=O) groups is 2. The van der Waals surface area contributed by atoms with Crippen LogP contribution in [0, 0.1) is 17.3 Å². The lowest BCUT2D eigenvalue weighted by atomic mass is 9.66. The molecule has 2 heterocycles. The molecule has 5 heteroatoms. The van der Waals surface area contributed by atoms with Crippen molar-refractivity contribution in [3.8, 4) is 0 Å². The van der Waals surface area contributed by atoms with Gasteiger partial charge in [-0.05, 0) is 43.9 Å². The highest BCUT2D eigenvalue weighted by molar-refractivity contribution is 5.85. The van der Waals surface area contributed by atoms with E-state index in [0.29, 0.717) is 24.7 Å². The Hall–Kier alpha value is -1.10. The van der Waals surface area contributed by atoms with Crippen molar-refractivity contribution in [2.24, 2.45) is 17.3 Å². The highest BCUT2D eigenvalue weighted by Gasteiger charge is 2.47. The Morgan fingerprint density at radius 2 is 1.86 bits per heavy atom. The van der Waals surface area contributed by atoms with Gasteiger partial charge in [-0.3, -0.25) is 9.59 Å². The molecule has 21 heavy (non-hydrogen) atoms. The third-order valence-electron chi connectivity index (χ3n) is 5.76. The van der Waals surface area contributed by atoms with Crippen LogP contribution in [0.1, 0.15) is 44.9 Å². The van der Waals surface area contributed by atoms with Gasteiger partial charge in [-0.2, -0.15) is 0 Å². The highest BCUT2D eigenvalue weighted by Crippen LogP contribution is 2.45. The number of hydrogen-bond donors (Lipinski definition) is 1. The maximum atomic E-state index is 12.4. The summed E-state index contributed by atoms with van der Waals surface area (Å²) in [5.74, 6) is 0.516. The van der Waals surface area contributed by atoms with Crippen molar-refractivity contribution in [3.05, 3.63) is 0 Å². The molecule has 3 rings (SSSR count). The van der Waals surface area contributed by atoms with E-state index in [1.165, 1.54) is 0 Å². The molecule has 0 aromatic rings. The number of nitrogens with zero attached hydrogens (tertiary/aromatic N) is 1. The summed E-state index contributed by atoms with van der Waals surface area (Å²) in [4.78, 5) is 25.7. The summed E-state index contributed by atoms with van der Waals surface area (Å²) in [5.41, 5.74) is -0.756. The Kier molecular flexibility index (Phi) is 4.20. The van der Waals surface area contributed by atoms with Crippen molar-refractivity contribution in [3.63, 3.8) is 0 Å². The summed E-state index contributed by atoms with van der Waals surface area (Å²) >= 11 is 0. The first kappa shape index (κ1) is 14.8. The molecule has 118 valence electrons. The van der Waals surface area contributed by atoms with E-state index < -0.39 is 11.4 Å². The summed E-state index contributed by atoms with van der Waals surface area (Å²) in [5, 5.41) is 9.35. The third kappa shape index (κ3) is 2.93. The minimum Gasteiger partial charge on any atom is -0.481 e.